The molecular formula is C49H88O6. The fraction of sp³-hybridized carbons (Fsp3) is 0.816. The van der Waals surface area contributed by atoms with E-state index in [-0.39, 0.29) is 31.1 Å². The Morgan fingerprint density at radius 1 is 0.364 bits per heavy atom. The number of hydrogen-bond donors (Lipinski definition) is 0. The van der Waals surface area contributed by atoms with E-state index >= 15 is 0 Å². The summed E-state index contributed by atoms with van der Waals surface area (Å²) in [4.78, 5) is 37.6. The lowest BCUT2D eigenvalue weighted by Gasteiger charge is -2.18. The second-order valence-electron chi connectivity index (χ2n) is 15.7. The molecule has 320 valence electrons. The Morgan fingerprint density at radius 2 is 0.655 bits per heavy atom. The van der Waals surface area contributed by atoms with Crippen LogP contribution in [0.3, 0.4) is 0 Å². The third-order valence-electron chi connectivity index (χ3n) is 10.1. The van der Waals surface area contributed by atoms with Gasteiger partial charge in [-0.2, -0.15) is 0 Å². The molecule has 0 rings (SSSR count). The van der Waals surface area contributed by atoms with E-state index in [0.717, 1.165) is 89.9 Å². The van der Waals surface area contributed by atoms with Gasteiger partial charge in [0.25, 0.3) is 0 Å². The van der Waals surface area contributed by atoms with E-state index < -0.39 is 6.10 Å². The van der Waals surface area contributed by atoms with Crippen molar-refractivity contribution >= 4 is 17.9 Å². The fourth-order valence-electron chi connectivity index (χ4n) is 6.52. The van der Waals surface area contributed by atoms with Crippen molar-refractivity contribution in [2.24, 2.45) is 0 Å². The maximum atomic E-state index is 12.7. The number of unbranched alkanes of at least 4 members (excludes halogenated alkanes) is 25. The summed E-state index contributed by atoms with van der Waals surface area (Å²) in [6.07, 6.45) is 49.9. The molecule has 0 saturated carbocycles. The molecule has 0 aliphatic heterocycles. The van der Waals surface area contributed by atoms with Gasteiger partial charge in [0.1, 0.15) is 13.2 Å². The molecule has 0 aliphatic carbocycles. The number of carbonyl (C=O) groups is 3. The zero-order chi connectivity index (χ0) is 40.1. The van der Waals surface area contributed by atoms with Crippen LogP contribution in [0.25, 0.3) is 0 Å². The van der Waals surface area contributed by atoms with Crippen LogP contribution in [0, 0.1) is 0 Å². The van der Waals surface area contributed by atoms with Crippen LogP contribution in [0.2, 0.25) is 0 Å². The highest BCUT2D eigenvalue weighted by atomic mass is 16.6. The van der Waals surface area contributed by atoms with Crippen LogP contribution in [0.4, 0.5) is 0 Å². The number of ether oxygens (including phenoxy) is 3. The molecule has 6 nitrogen and oxygen atoms in total. The van der Waals surface area contributed by atoms with Gasteiger partial charge in [-0.3, -0.25) is 14.4 Å². The van der Waals surface area contributed by atoms with Crippen LogP contribution in [-0.2, 0) is 28.6 Å². The third-order valence-corrected chi connectivity index (χ3v) is 10.1. The highest BCUT2D eigenvalue weighted by Crippen LogP contribution is 2.13. The van der Waals surface area contributed by atoms with Gasteiger partial charge in [0.2, 0.25) is 0 Å². The van der Waals surface area contributed by atoms with Crippen LogP contribution < -0.4 is 0 Å². The molecule has 0 aromatic rings. The largest absolute Gasteiger partial charge is 0.462 e. The monoisotopic (exact) mass is 773 g/mol. The van der Waals surface area contributed by atoms with Crippen molar-refractivity contribution in [2.75, 3.05) is 13.2 Å². The predicted molar refractivity (Wildman–Crippen MR) is 233 cm³/mol. The van der Waals surface area contributed by atoms with Crippen molar-refractivity contribution in [3.8, 4) is 0 Å². The maximum absolute atomic E-state index is 12.7. The minimum absolute atomic E-state index is 0.0790. The third kappa shape index (κ3) is 42.6. The van der Waals surface area contributed by atoms with Crippen LogP contribution in [-0.4, -0.2) is 37.2 Å². The first-order chi connectivity index (χ1) is 27.0. The Balaban J connectivity index is 4.32. The van der Waals surface area contributed by atoms with Gasteiger partial charge >= 0.3 is 17.9 Å². The topological polar surface area (TPSA) is 78.9 Å². The van der Waals surface area contributed by atoms with Gasteiger partial charge in [0, 0.05) is 19.3 Å². The van der Waals surface area contributed by atoms with Crippen LogP contribution in [0.1, 0.15) is 239 Å². The number of allylic oxidation sites excluding steroid dienone is 6. The number of carbonyl (C=O) groups excluding carboxylic acids is 3. The van der Waals surface area contributed by atoms with Gasteiger partial charge < -0.3 is 14.2 Å². The molecule has 0 amide bonds. The quantitative estimate of drug-likeness (QED) is 0.0266. The van der Waals surface area contributed by atoms with E-state index in [4.69, 9.17) is 14.2 Å². The van der Waals surface area contributed by atoms with Crippen LogP contribution in [0.5, 0.6) is 0 Å². The van der Waals surface area contributed by atoms with Crippen LogP contribution in [0.15, 0.2) is 36.5 Å². The molecule has 0 radical (unpaired) electrons. The molecular weight excluding hydrogens is 685 g/mol. The summed E-state index contributed by atoms with van der Waals surface area (Å²) in [6, 6.07) is 0. The van der Waals surface area contributed by atoms with E-state index in [1.807, 2.05) is 0 Å². The van der Waals surface area contributed by atoms with Gasteiger partial charge in [-0.05, 0) is 77.0 Å². The van der Waals surface area contributed by atoms with Gasteiger partial charge in [-0.15, -0.1) is 0 Å². The van der Waals surface area contributed by atoms with Crippen molar-refractivity contribution in [1.82, 2.24) is 0 Å². The molecule has 0 aromatic heterocycles. The van der Waals surface area contributed by atoms with Crippen molar-refractivity contribution in [1.29, 1.82) is 0 Å². The lowest BCUT2D eigenvalue weighted by molar-refractivity contribution is -0.167. The van der Waals surface area contributed by atoms with Gasteiger partial charge in [0.05, 0.1) is 0 Å². The summed E-state index contributed by atoms with van der Waals surface area (Å²) in [5.74, 6) is -0.906. The van der Waals surface area contributed by atoms with E-state index in [0.29, 0.717) is 19.3 Å². The molecule has 0 bridgehead atoms. The van der Waals surface area contributed by atoms with Gasteiger partial charge in [0.15, 0.2) is 6.10 Å². The Kier molecular flexibility index (Phi) is 42.4. The number of esters is 3. The summed E-state index contributed by atoms with van der Waals surface area (Å²) in [5.41, 5.74) is 0. The standard InChI is InChI=1S/C49H88O6/c1-4-7-10-13-16-18-20-22-24-25-27-28-30-33-36-39-42-48(51)54-45-46(44-53-47(50)41-38-35-32-15-12-9-6-3)55-49(52)43-40-37-34-31-29-26-23-21-19-17-14-11-8-5-2/h18,20-21,23-25,46H,4-17,19,22,26-45H2,1-3H3/b20-18-,23-21-,25-24-. The predicted octanol–water partition coefficient (Wildman–Crippen LogP) is 15.0. The molecule has 0 fully saturated rings. The normalized spacial score (nSPS) is 12.3. The maximum Gasteiger partial charge on any atom is 0.306 e. The molecule has 0 aromatic carbocycles. The molecule has 0 heterocycles. The van der Waals surface area contributed by atoms with Crippen molar-refractivity contribution < 1.29 is 28.6 Å². The molecule has 1 atom stereocenters. The second-order valence-corrected chi connectivity index (χ2v) is 15.7. The lowest BCUT2D eigenvalue weighted by atomic mass is 10.1. The average molecular weight is 773 g/mol. The van der Waals surface area contributed by atoms with Crippen molar-refractivity contribution in [2.45, 2.75) is 245 Å². The first-order valence-electron chi connectivity index (χ1n) is 23.5. The molecule has 1 unspecified atom stereocenters. The lowest BCUT2D eigenvalue weighted by Crippen LogP contribution is -2.30. The van der Waals surface area contributed by atoms with E-state index in [1.165, 1.54) is 109 Å². The van der Waals surface area contributed by atoms with Gasteiger partial charge in [-0.1, -0.05) is 179 Å². The Hall–Kier alpha value is -2.37. The van der Waals surface area contributed by atoms with E-state index in [1.54, 1.807) is 0 Å². The summed E-state index contributed by atoms with van der Waals surface area (Å²) in [6.45, 7) is 6.55. The van der Waals surface area contributed by atoms with Crippen molar-refractivity contribution in [3.63, 3.8) is 0 Å². The second kappa shape index (κ2) is 44.3. The number of hydrogen-bond acceptors (Lipinski definition) is 6. The zero-order valence-electron chi connectivity index (χ0n) is 36.4. The first kappa shape index (κ1) is 52.6. The minimum Gasteiger partial charge on any atom is -0.462 e. The highest BCUT2D eigenvalue weighted by Gasteiger charge is 2.19. The van der Waals surface area contributed by atoms with Gasteiger partial charge in [-0.25, -0.2) is 0 Å². The smallest absolute Gasteiger partial charge is 0.306 e. The summed E-state index contributed by atoms with van der Waals surface area (Å²) >= 11 is 0. The molecule has 0 spiro atoms. The Labute approximate surface area is 340 Å². The summed E-state index contributed by atoms with van der Waals surface area (Å²) < 4.78 is 16.7. The Bertz CT molecular complexity index is 938. The molecule has 0 aliphatic rings. The molecule has 0 saturated heterocycles. The first-order valence-corrected chi connectivity index (χ1v) is 23.5. The average Bonchev–Trinajstić information content (AvgIpc) is 3.18. The Morgan fingerprint density at radius 3 is 1.04 bits per heavy atom. The summed E-state index contributed by atoms with van der Waals surface area (Å²) in [7, 11) is 0. The van der Waals surface area contributed by atoms with E-state index in [2.05, 4.69) is 57.2 Å². The summed E-state index contributed by atoms with van der Waals surface area (Å²) in [5, 5.41) is 0. The zero-order valence-corrected chi connectivity index (χ0v) is 36.4. The molecule has 0 N–H and O–H groups in total. The number of rotatable bonds is 42. The highest BCUT2D eigenvalue weighted by molar-refractivity contribution is 5.71. The van der Waals surface area contributed by atoms with Crippen LogP contribution >= 0.6 is 0 Å². The molecule has 6 heteroatoms. The SMILES string of the molecule is CCCCCC/C=C\C/C=C\CCCCCCCC(=O)OCC(COC(=O)CCCCCCCCC)OC(=O)CCCCCCC/C=C\CCCCCCC. The molecule has 55 heavy (non-hydrogen) atoms. The van der Waals surface area contributed by atoms with E-state index in [9.17, 15) is 14.4 Å². The van der Waals surface area contributed by atoms with Crippen molar-refractivity contribution in [3.05, 3.63) is 36.5 Å². The fourth-order valence-corrected chi connectivity index (χ4v) is 6.52. The minimum atomic E-state index is -0.776.